The zero-order chi connectivity index (χ0) is 17.8. The molecule has 1 atom stereocenters. The van der Waals surface area contributed by atoms with Crippen molar-refractivity contribution in [2.24, 2.45) is 5.92 Å². The van der Waals surface area contributed by atoms with E-state index >= 15 is 0 Å². The van der Waals surface area contributed by atoms with Gasteiger partial charge in [0.1, 0.15) is 17.0 Å². The van der Waals surface area contributed by atoms with Gasteiger partial charge < -0.3 is 14.5 Å². The zero-order valence-electron chi connectivity index (χ0n) is 14.1. The summed E-state index contributed by atoms with van der Waals surface area (Å²) < 4.78 is 5.25. The fourth-order valence-corrected chi connectivity index (χ4v) is 3.27. The van der Waals surface area contributed by atoms with E-state index in [0.717, 1.165) is 12.8 Å². The van der Waals surface area contributed by atoms with Crippen molar-refractivity contribution in [3.8, 4) is 11.4 Å². The minimum Gasteiger partial charge on any atom is -0.481 e. The third-order valence-electron chi connectivity index (χ3n) is 4.56. The number of nitrogens with zero attached hydrogens (tertiary/aromatic N) is 3. The third-order valence-corrected chi connectivity index (χ3v) is 4.56. The van der Waals surface area contributed by atoms with Crippen molar-refractivity contribution in [3.63, 3.8) is 0 Å². The van der Waals surface area contributed by atoms with E-state index in [1.54, 1.807) is 30.2 Å². The van der Waals surface area contributed by atoms with Crippen LogP contribution in [0.1, 0.15) is 41.8 Å². The van der Waals surface area contributed by atoms with Gasteiger partial charge in [0.25, 0.3) is 5.91 Å². The highest BCUT2D eigenvalue weighted by Crippen LogP contribution is 2.28. The highest BCUT2D eigenvalue weighted by molar-refractivity contribution is 6.00. The molecule has 3 rings (SSSR count). The summed E-state index contributed by atoms with van der Waals surface area (Å²) in [5.74, 6) is -0.235. The molecular formula is C18H21N3O4. The second kappa shape index (κ2) is 7.46. The number of rotatable bonds is 5. The summed E-state index contributed by atoms with van der Waals surface area (Å²) in [7, 11) is 0. The van der Waals surface area contributed by atoms with Crippen LogP contribution in [-0.4, -0.2) is 45.1 Å². The summed E-state index contributed by atoms with van der Waals surface area (Å²) in [6.07, 6.45) is 4.20. The number of carboxylic acids is 1. The number of hydrogen-bond donors (Lipinski definition) is 1. The fourth-order valence-electron chi connectivity index (χ4n) is 3.27. The van der Waals surface area contributed by atoms with Gasteiger partial charge in [-0.3, -0.25) is 14.6 Å². The van der Waals surface area contributed by atoms with E-state index < -0.39 is 5.97 Å². The second-order valence-corrected chi connectivity index (χ2v) is 6.37. The molecule has 7 nitrogen and oxygen atoms in total. The molecule has 0 aromatic carbocycles. The van der Waals surface area contributed by atoms with Crippen LogP contribution in [0.25, 0.3) is 11.4 Å². The topological polar surface area (TPSA) is 96.5 Å². The molecule has 1 amide bonds. The summed E-state index contributed by atoms with van der Waals surface area (Å²) in [6.45, 7) is 2.95. The Morgan fingerprint density at radius 3 is 2.96 bits per heavy atom. The maximum atomic E-state index is 13.0. The van der Waals surface area contributed by atoms with E-state index in [1.807, 2.05) is 6.07 Å². The van der Waals surface area contributed by atoms with Crippen LogP contribution in [0.15, 0.2) is 28.9 Å². The van der Waals surface area contributed by atoms with E-state index in [9.17, 15) is 9.59 Å². The van der Waals surface area contributed by atoms with Gasteiger partial charge in [0.05, 0.1) is 5.69 Å². The molecule has 1 aliphatic heterocycles. The molecule has 0 spiro atoms. The molecule has 0 saturated carbocycles. The highest BCUT2D eigenvalue weighted by atomic mass is 16.5. The minimum absolute atomic E-state index is 0.126. The lowest BCUT2D eigenvalue weighted by Crippen LogP contribution is -2.40. The molecule has 1 N–H and O–H groups in total. The lowest BCUT2D eigenvalue weighted by molar-refractivity contribution is -0.137. The van der Waals surface area contributed by atoms with Gasteiger partial charge in [-0.25, -0.2) is 0 Å². The van der Waals surface area contributed by atoms with Crippen molar-refractivity contribution < 1.29 is 19.2 Å². The summed E-state index contributed by atoms with van der Waals surface area (Å²) in [4.78, 5) is 29.9. The maximum Gasteiger partial charge on any atom is 0.303 e. The molecule has 0 radical (unpaired) electrons. The number of aliphatic carboxylic acids is 1. The van der Waals surface area contributed by atoms with Crippen molar-refractivity contribution in [2.45, 2.75) is 32.6 Å². The van der Waals surface area contributed by atoms with Gasteiger partial charge in [0.15, 0.2) is 0 Å². The number of pyridine rings is 1. The van der Waals surface area contributed by atoms with E-state index in [0.29, 0.717) is 42.2 Å². The molecule has 132 valence electrons. The molecule has 1 fully saturated rings. The van der Waals surface area contributed by atoms with E-state index in [1.165, 1.54) is 0 Å². The Labute approximate surface area is 145 Å². The molecule has 7 heteroatoms. The van der Waals surface area contributed by atoms with Gasteiger partial charge in [-0.1, -0.05) is 11.2 Å². The van der Waals surface area contributed by atoms with Gasteiger partial charge in [-0.2, -0.15) is 0 Å². The number of amides is 1. The standard InChI is InChI=1S/C18H21N3O4/c1-12-16(17(20-25-12)14-6-2-3-9-19-14)18(24)21-10-4-5-13(11-21)7-8-15(22)23/h2-3,6,9,13H,4-5,7-8,10-11H2,1H3,(H,22,23). The molecule has 0 aliphatic carbocycles. The van der Waals surface area contributed by atoms with Crippen LogP contribution >= 0.6 is 0 Å². The van der Waals surface area contributed by atoms with Gasteiger partial charge in [0.2, 0.25) is 0 Å². The predicted octanol–water partition coefficient (Wildman–Crippen LogP) is 2.76. The third kappa shape index (κ3) is 3.87. The fraction of sp³-hybridized carbons (Fsp3) is 0.444. The SMILES string of the molecule is Cc1onc(-c2ccccn2)c1C(=O)N1CCCC(CCC(=O)O)C1. The van der Waals surface area contributed by atoms with Crippen LogP contribution in [0, 0.1) is 12.8 Å². The summed E-state index contributed by atoms with van der Waals surface area (Å²) in [5, 5.41) is 12.9. The first-order valence-corrected chi connectivity index (χ1v) is 8.45. The molecule has 1 saturated heterocycles. The first-order chi connectivity index (χ1) is 12.1. The highest BCUT2D eigenvalue weighted by Gasteiger charge is 2.30. The average Bonchev–Trinajstić information content (AvgIpc) is 3.02. The van der Waals surface area contributed by atoms with E-state index in [-0.39, 0.29) is 18.2 Å². The molecular weight excluding hydrogens is 322 g/mol. The Hall–Kier alpha value is -2.70. The van der Waals surface area contributed by atoms with Gasteiger partial charge >= 0.3 is 5.97 Å². The van der Waals surface area contributed by atoms with Gasteiger partial charge in [0, 0.05) is 25.7 Å². The smallest absolute Gasteiger partial charge is 0.303 e. The van der Waals surface area contributed by atoms with Crippen molar-refractivity contribution >= 4 is 11.9 Å². The molecule has 1 aliphatic rings. The molecule has 1 unspecified atom stereocenters. The van der Waals surface area contributed by atoms with Crippen molar-refractivity contribution in [2.75, 3.05) is 13.1 Å². The Morgan fingerprint density at radius 1 is 1.40 bits per heavy atom. The predicted molar refractivity (Wildman–Crippen MR) is 90.0 cm³/mol. The monoisotopic (exact) mass is 343 g/mol. The van der Waals surface area contributed by atoms with Gasteiger partial charge in [-0.05, 0) is 44.2 Å². The Kier molecular flexibility index (Phi) is 5.11. The first-order valence-electron chi connectivity index (χ1n) is 8.45. The van der Waals surface area contributed by atoms with Crippen molar-refractivity contribution in [3.05, 3.63) is 35.7 Å². The first kappa shape index (κ1) is 17.1. The number of aromatic nitrogens is 2. The Morgan fingerprint density at radius 2 is 2.24 bits per heavy atom. The number of carbonyl (C=O) groups excluding carboxylic acids is 1. The van der Waals surface area contributed by atoms with Crippen LogP contribution in [0.5, 0.6) is 0 Å². The van der Waals surface area contributed by atoms with Gasteiger partial charge in [-0.15, -0.1) is 0 Å². The molecule has 0 bridgehead atoms. The maximum absolute atomic E-state index is 13.0. The lowest BCUT2D eigenvalue weighted by atomic mass is 9.93. The number of likely N-dealkylation sites (tertiary alicyclic amines) is 1. The largest absolute Gasteiger partial charge is 0.481 e. The average molecular weight is 343 g/mol. The molecule has 3 heterocycles. The van der Waals surface area contributed by atoms with Crippen LogP contribution in [0.3, 0.4) is 0 Å². The molecule has 2 aromatic rings. The Balaban J connectivity index is 1.79. The van der Waals surface area contributed by atoms with Crippen molar-refractivity contribution in [1.82, 2.24) is 15.0 Å². The van der Waals surface area contributed by atoms with Crippen molar-refractivity contribution in [1.29, 1.82) is 0 Å². The number of carboxylic acid groups (broad SMARTS) is 1. The quantitative estimate of drug-likeness (QED) is 0.896. The lowest BCUT2D eigenvalue weighted by Gasteiger charge is -2.32. The normalized spacial score (nSPS) is 17.5. The minimum atomic E-state index is -0.796. The van der Waals surface area contributed by atoms with Crippen LogP contribution in [0.2, 0.25) is 0 Å². The summed E-state index contributed by atoms with van der Waals surface area (Å²) in [6, 6.07) is 5.43. The van der Waals surface area contributed by atoms with Crippen LogP contribution in [0.4, 0.5) is 0 Å². The number of carbonyl (C=O) groups is 2. The van der Waals surface area contributed by atoms with Crippen LogP contribution in [-0.2, 0) is 4.79 Å². The molecule has 2 aromatic heterocycles. The van der Waals surface area contributed by atoms with Crippen LogP contribution < -0.4 is 0 Å². The zero-order valence-corrected chi connectivity index (χ0v) is 14.1. The number of piperidine rings is 1. The Bertz CT molecular complexity index is 757. The summed E-state index contributed by atoms with van der Waals surface area (Å²) >= 11 is 0. The van der Waals surface area contributed by atoms with E-state index in [4.69, 9.17) is 9.63 Å². The van der Waals surface area contributed by atoms with E-state index in [2.05, 4.69) is 10.1 Å². The second-order valence-electron chi connectivity index (χ2n) is 6.37. The number of aryl methyl sites for hydroxylation is 1. The molecule has 25 heavy (non-hydrogen) atoms. The summed E-state index contributed by atoms with van der Waals surface area (Å²) in [5.41, 5.74) is 1.50. The number of hydrogen-bond acceptors (Lipinski definition) is 5.